The zero-order valence-electron chi connectivity index (χ0n) is 13.0. The fourth-order valence-corrected chi connectivity index (χ4v) is 3.91. The highest BCUT2D eigenvalue weighted by Gasteiger charge is 2.23. The molecule has 0 atom stereocenters. The van der Waals surface area contributed by atoms with E-state index < -0.39 is 0 Å². The Labute approximate surface area is 125 Å². The highest BCUT2D eigenvalue weighted by molar-refractivity contribution is 7.19. The standard InChI is InChI=1S/C17H24FNS/c1-11(2)9-19-10-15-16(17(3,4)5)13-8-12(18)6-7-14(13)20-15/h6-8,11,19H,9-10H2,1-5H3. The molecule has 0 radical (unpaired) electrons. The van der Waals surface area contributed by atoms with Gasteiger partial charge in [0.05, 0.1) is 0 Å². The van der Waals surface area contributed by atoms with E-state index in [0.717, 1.165) is 18.5 Å². The van der Waals surface area contributed by atoms with Crippen LogP contribution in [0.4, 0.5) is 4.39 Å². The maximum atomic E-state index is 13.6. The molecule has 0 unspecified atom stereocenters. The van der Waals surface area contributed by atoms with Crippen LogP contribution in [0.2, 0.25) is 0 Å². The Kier molecular flexibility index (Phi) is 4.50. The van der Waals surface area contributed by atoms with Crippen molar-refractivity contribution in [1.29, 1.82) is 0 Å². The van der Waals surface area contributed by atoms with Crippen LogP contribution in [0.3, 0.4) is 0 Å². The van der Waals surface area contributed by atoms with Gasteiger partial charge in [-0.05, 0) is 47.0 Å². The number of rotatable bonds is 4. The zero-order valence-corrected chi connectivity index (χ0v) is 13.8. The minimum atomic E-state index is -0.150. The summed E-state index contributed by atoms with van der Waals surface area (Å²) in [4.78, 5) is 1.33. The van der Waals surface area contributed by atoms with Crippen LogP contribution < -0.4 is 5.32 Å². The van der Waals surface area contributed by atoms with E-state index in [2.05, 4.69) is 39.9 Å². The zero-order chi connectivity index (χ0) is 14.9. The van der Waals surface area contributed by atoms with Crippen LogP contribution in [0.5, 0.6) is 0 Å². The van der Waals surface area contributed by atoms with Gasteiger partial charge in [-0.1, -0.05) is 34.6 Å². The third-order valence-electron chi connectivity index (χ3n) is 3.31. The molecule has 3 heteroatoms. The smallest absolute Gasteiger partial charge is 0.123 e. The van der Waals surface area contributed by atoms with Crippen molar-refractivity contribution in [3.05, 3.63) is 34.5 Å². The maximum absolute atomic E-state index is 13.6. The molecule has 1 aromatic heterocycles. The molecule has 2 rings (SSSR count). The lowest BCUT2D eigenvalue weighted by Gasteiger charge is -2.21. The Hall–Kier alpha value is -0.930. The van der Waals surface area contributed by atoms with Crippen molar-refractivity contribution in [3.8, 4) is 0 Å². The van der Waals surface area contributed by atoms with Crippen LogP contribution in [-0.2, 0) is 12.0 Å². The Morgan fingerprint density at radius 3 is 2.55 bits per heavy atom. The lowest BCUT2D eigenvalue weighted by Crippen LogP contribution is -2.21. The van der Waals surface area contributed by atoms with Gasteiger partial charge in [-0.25, -0.2) is 4.39 Å². The third-order valence-corrected chi connectivity index (χ3v) is 4.48. The third kappa shape index (κ3) is 3.39. The van der Waals surface area contributed by atoms with Crippen LogP contribution in [0.15, 0.2) is 18.2 Å². The Balaban J connectivity index is 2.42. The topological polar surface area (TPSA) is 12.0 Å². The van der Waals surface area contributed by atoms with Crippen molar-refractivity contribution < 1.29 is 4.39 Å². The van der Waals surface area contributed by atoms with Crippen molar-refractivity contribution in [1.82, 2.24) is 5.32 Å². The normalized spacial score (nSPS) is 12.6. The molecule has 0 aliphatic rings. The molecule has 2 aromatic rings. The van der Waals surface area contributed by atoms with E-state index in [0.29, 0.717) is 5.92 Å². The molecule has 110 valence electrons. The van der Waals surface area contributed by atoms with E-state index in [1.165, 1.54) is 15.1 Å². The number of fused-ring (bicyclic) bond motifs is 1. The highest BCUT2D eigenvalue weighted by Crippen LogP contribution is 2.39. The first-order valence-corrected chi connectivity index (χ1v) is 8.03. The van der Waals surface area contributed by atoms with Gasteiger partial charge in [0.15, 0.2) is 0 Å². The maximum Gasteiger partial charge on any atom is 0.123 e. The molecular formula is C17H24FNS. The summed E-state index contributed by atoms with van der Waals surface area (Å²) in [6.45, 7) is 12.9. The molecule has 1 N–H and O–H groups in total. The monoisotopic (exact) mass is 293 g/mol. The molecule has 0 bridgehead atoms. The van der Waals surface area contributed by atoms with Crippen LogP contribution in [0.1, 0.15) is 45.1 Å². The Morgan fingerprint density at radius 2 is 1.95 bits per heavy atom. The molecule has 0 spiro atoms. The van der Waals surface area contributed by atoms with Gasteiger partial charge < -0.3 is 5.32 Å². The number of hydrogen-bond donors (Lipinski definition) is 1. The Morgan fingerprint density at radius 1 is 1.25 bits per heavy atom. The molecule has 0 fully saturated rings. The minimum absolute atomic E-state index is 0.0287. The van der Waals surface area contributed by atoms with Crippen LogP contribution >= 0.6 is 11.3 Å². The highest BCUT2D eigenvalue weighted by atomic mass is 32.1. The molecular weight excluding hydrogens is 269 g/mol. The largest absolute Gasteiger partial charge is 0.312 e. The second kappa shape index (κ2) is 5.82. The van der Waals surface area contributed by atoms with E-state index in [1.54, 1.807) is 23.5 Å². The summed E-state index contributed by atoms with van der Waals surface area (Å²) in [6, 6.07) is 5.13. The van der Waals surface area contributed by atoms with Crippen LogP contribution in [0, 0.1) is 11.7 Å². The van der Waals surface area contributed by atoms with Gasteiger partial charge in [0, 0.05) is 16.1 Å². The van der Waals surface area contributed by atoms with Gasteiger partial charge in [-0.15, -0.1) is 11.3 Å². The van der Waals surface area contributed by atoms with E-state index in [9.17, 15) is 4.39 Å². The van der Waals surface area contributed by atoms with E-state index in [1.807, 2.05) is 6.07 Å². The summed E-state index contributed by atoms with van der Waals surface area (Å²) in [7, 11) is 0. The summed E-state index contributed by atoms with van der Waals surface area (Å²) in [5.74, 6) is 0.488. The molecule has 0 aliphatic carbocycles. The fraction of sp³-hybridized carbons (Fsp3) is 0.529. The number of benzene rings is 1. The quantitative estimate of drug-likeness (QED) is 0.828. The van der Waals surface area contributed by atoms with Crippen molar-refractivity contribution in [2.45, 2.75) is 46.6 Å². The van der Waals surface area contributed by atoms with Crippen molar-refractivity contribution in [2.75, 3.05) is 6.54 Å². The Bertz CT molecular complexity index is 593. The molecule has 1 nitrogen and oxygen atoms in total. The van der Waals surface area contributed by atoms with E-state index >= 15 is 0 Å². The summed E-state index contributed by atoms with van der Waals surface area (Å²) in [5.41, 5.74) is 1.31. The number of thiophene rings is 1. The first kappa shape index (κ1) is 15.5. The average molecular weight is 293 g/mol. The van der Waals surface area contributed by atoms with Crippen LogP contribution in [0.25, 0.3) is 10.1 Å². The molecule has 1 heterocycles. The molecule has 1 aromatic carbocycles. The van der Waals surface area contributed by atoms with Crippen molar-refractivity contribution >= 4 is 21.4 Å². The predicted molar refractivity (Wildman–Crippen MR) is 87.0 cm³/mol. The molecule has 0 aliphatic heterocycles. The summed E-state index contributed by atoms with van der Waals surface area (Å²) in [5, 5.41) is 4.58. The first-order valence-electron chi connectivity index (χ1n) is 7.21. The summed E-state index contributed by atoms with van der Waals surface area (Å²) >= 11 is 1.78. The summed E-state index contributed by atoms with van der Waals surface area (Å²) in [6.07, 6.45) is 0. The minimum Gasteiger partial charge on any atom is -0.312 e. The van der Waals surface area contributed by atoms with Crippen LogP contribution in [-0.4, -0.2) is 6.54 Å². The first-order chi connectivity index (χ1) is 9.29. The predicted octanol–water partition coefficient (Wildman–Crippen LogP) is 5.08. The SMILES string of the molecule is CC(C)CNCc1sc2ccc(F)cc2c1C(C)(C)C. The van der Waals surface area contributed by atoms with E-state index in [4.69, 9.17) is 0 Å². The summed E-state index contributed by atoms with van der Waals surface area (Å²) < 4.78 is 14.7. The second-order valence-corrected chi connectivity index (χ2v) is 7.95. The molecule has 0 amide bonds. The fourth-order valence-electron chi connectivity index (χ4n) is 2.54. The van der Waals surface area contributed by atoms with Crippen molar-refractivity contribution in [3.63, 3.8) is 0 Å². The lowest BCUT2D eigenvalue weighted by atomic mass is 9.85. The lowest BCUT2D eigenvalue weighted by molar-refractivity contribution is 0.543. The van der Waals surface area contributed by atoms with Gasteiger partial charge in [0.1, 0.15) is 5.82 Å². The number of hydrogen-bond acceptors (Lipinski definition) is 2. The van der Waals surface area contributed by atoms with Gasteiger partial charge >= 0.3 is 0 Å². The second-order valence-electron chi connectivity index (χ2n) is 6.82. The molecule has 0 saturated heterocycles. The van der Waals surface area contributed by atoms with Gasteiger partial charge in [0.2, 0.25) is 0 Å². The molecule has 20 heavy (non-hydrogen) atoms. The van der Waals surface area contributed by atoms with Gasteiger partial charge in [0.25, 0.3) is 0 Å². The van der Waals surface area contributed by atoms with Crippen molar-refractivity contribution in [2.24, 2.45) is 5.92 Å². The van der Waals surface area contributed by atoms with E-state index in [-0.39, 0.29) is 11.2 Å². The average Bonchev–Trinajstić information content (AvgIpc) is 2.65. The number of halogens is 1. The van der Waals surface area contributed by atoms with Gasteiger partial charge in [-0.3, -0.25) is 0 Å². The molecule has 0 saturated carbocycles. The van der Waals surface area contributed by atoms with Gasteiger partial charge in [-0.2, -0.15) is 0 Å². The number of nitrogens with one attached hydrogen (secondary N) is 1.